The molecule has 0 bridgehead atoms. The van der Waals surface area contributed by atoms with E-state index < -0.39 is 0 Å². The first-order valence-corrected chi connectivity index (χ1v) is 6.25. The Morgan fingerprint density at radius 2 is 2.00 bits per heavy atom. The molecule has 0 aromatic heterocycles. The number of Topliss-reactive ketones (excluding diaryl/α,β-unsaturated/α-hetero) is 1. The summed E-state index contributed by atoms with van der Waals surface area (Å²) in [6, 6.07) is 10.0. The van der Waals surface area contributed by atoms with Gasteiger partial charge < -0.3 is 0 Å². The predicted molar refractivity (Wildman–Crippen MR) is 62.9 cm³/mol. The van der Waals surface area contributed by atoms with Crippen molar-refractivity contribution >= 4 is 17.5 Å². The van der Waals surface area contributed by atoms with Crippen LogP contribution >= 0.6 is 11.8 Å². The Labute approximate surface area is 89.9 Å². The molecule has 1 nitrogen and oxygen atoms in total. The van der Waals surface area contributed by atoms with Crippen molar-refractivity contribution in [1.82, 2.24) is 0 Å². The Balaban J connectivity index is 2.77. The van der Waals surface area contributed by atoms with Gasteiger partial charge in [-0.2, -0.15) is 11.8 Å². The minimum atomic E-state index is 0.0867. The standard InChI is InChI=1S/C12H16OS/c1-3-11(12(13)9-14-2)10-7-5-4-6-8-10/h4-8,11H,3,9H2,1-2H3/t11-/m0/s1. The fourth-order valence-electron chi connectivity index (χ4n) is 1.58. The van der Waals surface area contributed by atoms with E-state index in [0.717, 1.165) is 12.0 Å². The van der Waals surface area contributed by atoms with Crippen LogP contribution in [0.5, 0.6) is 0 Å². The van der Waals surface area contributed by atoms with Crippen LogP contribution in [0.1, 0.15) is 24.8 Å². The maximum atomic E-state index is 11.8. The normalized spacial score (nSPS) is 12.4. The number of carbonyl (C=O) groups excluding carboxylic acids is 1. The predicted octanol–water partition coefficient (Wildman–Crippen LogP) is 3.11. The molecule has 0 aliphatic carbocycles. The Bertz CT molecular complexity index is 282. The van der Waals surface area contributed by atoms with E-state index in [1.807, 2.05) is 36.6 Å². The van der Waals surface area contributed by atoms with Crippen LogP contribution in [0, 0.1) is 0 Å². The number of hydrogen-bond donors (Lipinski definition) is 0. The highest BCUT2D eigenvalue weighted by molar-refractivity contribution is 7.99. The van der Waals surface area contributed by atoms with Gasteiger partial charge >= 0.3 is 0 Å². The molecular formula is C12H16OS. The smallest absolute Gasteiger partial charge is 0.150 e. The van der Waals surface area contributed by atoms with Gasteiger partial charge in [0.05, 0.1) is 5.75 Å². The average Bonchev–Trinajstić information content (AvgIpc) is 2.21. The summed E-state index contributed by atoms with van der Waals surface area (Å²) in [4.78, 5) is 11.8. The summed E-state index contributed by atoms with van der Waals surface area (Å²) in [5.41, 5.74) is 1.15. The van der Waals surface area contributed by atoms with Gasteiger partial charge in [0.2, 0.25) is 0 Å². The number of ketones is 1. The molecule has 0 saturated carbocycles. The number of carbonyl (C=O) groups is 1. The molecule has 0 radical (unpaired) electrons. The van der Waals surface area contributed by atoms with Crippen LogP contribution in [-0.4, -0.2) is 17.8 Å². The van der Waals surface area contributed by atoms with E-state index in [1.165, 1.54) is 0 Å². The molecule has 0 unspecified atom stereocenters. The van der Waals surface area contributed by atoms with Gasteiger partial charge in [-0.15, -0.1) is 0 Å². The first-order valence-electron chi connectivity index (χ1n) is 4.86. The van der Waals surface area contributed by atoms with Gasteiger partial charge in [-0.05, 0) is 18.2 Å². The third kappa shape index (κ3) is 2.88. The van der Waals surface area contributed by atoms with Crippen LogP contribution in [0.3, 0.4) is 0 Å². The third-order valence-corrected chi connectivity index (χ3v) is 2.86. The molecule has 1 rings (SSSR count). The SMILES string of the molecule is CC[C@H](C(=O)CSC)c1ccccc1. The van der Waals surface area contributed by atoms with Crippen molar-refractivity contribution in [3.8, 4) is 0 Å². The van der Waals surface area contributed by atoms with Crippen LogP contribution < -0.4 is 0 Å². The van der Waals surface area contributed by atoms with Crippen molar-refractivity contribution in [3.63, 3.8) is 0 Å². The molecule has 0 fully saturated rings. The van der Waals surface area contributed by atoms with Gasteiger partial charge in [-0.3, -0.25) is 4.79 Å². The van der Waals surface area contributed by atoms with Gasteiger partial charge in [0, 0.05) is 5.92 Å². The first kappa shape index (κ1) is 11.3. The highest BCUT2D eigenvalue weighted by atomic mass is 32.2. The van der Waals surface area contributed by atoms with Crippen LogP contribution in [0.15, 0.2) is 30.3 Å². The zero-order valence-electron chi connectivity index (χ0n) is 8.69. The second-order valence-corrected chi connectivity index (χ2v) is 4.14. The molecule has 1 aromatic rings. The summed E-state index contributed by atoms with van der Waals surface area (Å²) in [5, 5.41) is 0. The average molecular weight is 208 g/mol. The Morgan fingerprint density at radius 1 is 1.36 bits per heavy atom. The molecule has 0 aliphatic heterocycles. The highest BCUT2D eigenvalue weighted by Gasteiger charge is 2.16. The Hall–Kier alpha value is -0.760. The number of benzene rings is 1. The maximum Gasteiger partial charge on any atom is 0.150 e. The summed E-state index contributed by atoms with van der Waals surface area (Å²) in [5.74, 6) is 1.04. The Morgan fingerprint density at radius 3 is 2.50 bits per heavy atom. The summed E-state index contributed by atoms with van der Waals surface area (Å²) >= 11 is 1.60. The lowest BCUT2D eigenvalue weighted by molar-refractivity contribution is -0.118. The highest BCUT2D eigenvalue weighted by Crippen LogP contribution is 2.21. The monoisotopic (exact) mass is 208 g/mol. The van der Waals surface area contributed by atoms with Crippen molar-refractivity contribution in [2.45, 2.75) is 19.3 Å². The fraction of sp³-hybridized carbons (Fsp3) is 0.417. The summed E-state index contributed by atoms with van der Waals surface area (Å²) in [7, 11) is 0. The van der Waals surface area contributed by atoms with E-state index in [4.69, 9.17) is 0 Å². The molecule has 1 atom stereocenters. The molecule has 76 valence electrons. The minimum absolute atomic E-state index is 0.0867. The van der Waals surface area contributed by atoms with E-state index in [0.29, 0.717) is 11.5 Å². The summed E-state index contributed by atoms with van der Waals surface area (Å²) in [6.07, 6.45) is 2.86. The quantitative estimate of drug-likeness (QED) is 0.739. The molecule has 0 heterocycles. The Kier molecular flexibility index (Phi) is 4.74. The number of hydrogen-bond acceptors (Lipinski definition) is 2. The summed E-state index contributed by atoms with van der Waals surface area (Å²) < 4.78 is 0. The van der Waals surface area contributed by atoms with Crippen molar-refractivity contribution in [1.29, 1.82) is 0 Å². The van der Waals surface area contributed by atoms with Crippen molar-refractivity contribution in [3.05, 3.63) is 35.9 Å². The van der Waals surface area contributed by atoms with E-state index in [9.17, 15) is 4.79 Å². The third-order valence-electron chi connectivity index (χ3n) is 2.29. The zero-order valence-corrected chi connectivity index (χ0v) is 9.51. The largest absolute Gasteiger partial charge is 0.298 e. The molecule has 14 heavy (non-hydrogen) atoms. The molecular weight excluding hydrogens is 192 g/mol. The van der Waals surface area contributed by atoms with Crippen molar-refractivity contribution in [2.75, 3.05) is 12.0 Å². The van der Waals surface area contributed by atoms with Crippen LogP contribution in [0.4, 0.5) is 0 Å². The van der Waals surface area contributed by atoms with Crippen molar-refractivity contribution in [2.24, 2.45) is 0 Å². The lowest BCUT2D eigenvalue weighted by Gasteiger charge is -2.12. The molecule has 0 amide bonds. The molecule has 2 heteroatoms. The van der Waals surface area contributed by atoms with Gasteiger partial charge in [-0.1, -0.05) is 37.3 Å². The van der Waals surface area contributed by atoms with Gasteiger partial charge in [0.25, 0.3) is 0 Å². The lowest BCUT2D eigenvalue weighted by atomic mass is 9.93. The van der Waals surface area contributed by atoms with E-state index in [-0.39, 0.29) is 5.92 Å². The van der Waals surface area contributed by atoms with Gasteiger partial charge in [-0.25, -0.2) is 0 Å². The van der Waals surface area contributed by atoms with Crippen molar-refractivity contribution < 1.29 is 4.79 Å². The first-order chi connectivity index (χ1) is 6.79. The minimum Gasteiger partial charge on any atom is -0.298 e. The zero-order chi connectivity index (χ0) is 10.4. The van der Waals surface area contributed by atoms with Crippen LogP contribution in [0.25, 0.3) is 0 Å². The summed E-state index contributed by atoms with van der Waals surface area (Å²) in [6.45, 7) is 2.07. The van der Waals surface area contributed by atoms with Gasteiger partial charge in [0.1, 0.15) is 5.78 Å². The molecule has 0 spiro atoms. The van der Waals surface area contributed by atoms with Crippen LogP contribution in [-0.2, 0) is 4.79 Å². The molecule has 1 aromatic carbocycles. The van der Waals surface area contributed by atoms with E-state index in [2.05, 4.69) is 6.92 Å². The molecule has 0 N–H and O–H groups in total. The fourth-order valence-corrected chi connectivity index (χ4v) is 2.06. The second kappa shape index (κ2) is 5.86. The van der Waals surface area contributed by atoms with E-state index >= 15 is 0 Å². The topological polar surface area (TPSA) is 17.1 Å². The maximum absolute atomic E-state index is 11.8. The molecule has 0 aliphatic rings. The number of thioether (sulfide) groups is 1. The molecule has 0 saturated heterocycles. The number of rotatable bonds is 5. The van der Waals surface area contributed by atoms with Gasteiger partial charge in [0.15, 0.2) is 0 Å². The van der Waals surface area contributed by atoms with E-state index in [1.54, 1.807) is 11.8 Å². The second-order valence-electron chi connectivity index (χ2n) is 3.27. The lowest BCUT2D eigenvalue weighted by Crippen LogP contribution is -2.13. The van der Waals surface area contributed by atoms with Crippen LogP contribution in [0.2, 0.25) is 0 Å².